The molecule has 0 spiro atoms. The van der Waals surface area contributed by atoms with E-state index < -0.39 is 0 Å². The first kappa shape index (κ1) is 15.2. The lowest BCUT2D eigenvalue weighted by Gasteiger charge is -2.20. The molecule has 0 amide bonds. The summed E-state index contributed by atoms with van der Waals surface area (Å²) in [7, 11) is 0. The van der Waals surface area contributed by atoms with Gasteiger partial charge in [0.25, 0.3) is 0 Å². The summed E-state index contributed by atoms with van der Waals surface area (Å²) in [4.78, 5) is 4.73. The molecular weight excluding hydrogens is 268 g/mol. The van der Waals surface area contributed by atoms with Gasteiger partial charge >= 0.3 is 0 Å². The highest BCUT2D eigenvalue weighted by atomic mass is 32.2. The van der Waals surface area contributed by atoms with Crippen LogP contribution in [0.3, 0.4) is 0 Å². The predicted octanol–water partition coefficient (Wildman–Crippen LogP) is 4.55. The molecule has 1 aromatic carbocycles. The maximum absolute atomic E-state index is 5.85. The molecule has 1 heterocycles. The largest absolute Gasteiger partial charge is 0.491 e. The second-order valence-corrected chi connectivity index (χ2v) is 6.21. The van der Waals surface area contributed by atoms with E-state index in [1.54, 1.807) is 11.8 Å². The zero-order valence-corrected chi connectivity index (χ0v) is 13.4. The highest BCUT2D eigenvalue weighted by Crippen LogP contribution is 2.24. The summed E-state index contributed by atoms with van der Waals surface area (Å²) in [5, 5.41) is 4.44. The van der Waals surface area contributed by atoms with Crippen molar-refractivity contribution in [2.45, 2.75) is 52.2 Å². The van der Waals surface area contributed by atoms with Gasteiger partial charge in [-0.3, -0.25) is 4.99 Å². The highest BCUT2D eigenvalue weighted by Gasteiger charge is 2.14. The maximum atomic E-state index is 5.85. The Morgan fingerprint density at radius 2 is 2.30 bits per heavy atom. The summed E-state index contributed by atoms with van der Waals surface area (Å²) in [5.41, 5.74) is 1.05. The molecule has 3 nitrogen and oxygen atoms in total. The van der Waals surface area contributed by atoms with Gasteiger partial charge in [0.05, 0.1) is 12.1 Å². The van der Waals surface area contributed by atoms with Gasteiger partial charge in [-0.25, -0.2) is 0 Å². The van der Waals surface area contributed by atoms with Gasteiger partial charge in [-0.2, -0.15) is 0 Å². The van der Waals surface area contributed by atoms with Crippen molar-refractivity contribution in [3.05, 3.63) is 24.3 Å². The Hall–Kier alpha value is -1.16. The molecule has 0 saturated carbocycles. The quantitative estimate of drug-likeness (QED) is 0.864. The molecule has 0 aromatic heterocycles. The number of hydrogen-bond donors (Lipinski definition) is 1. The lowest BCUT2D eigenvalue weighted by atomic mass is 10.2. The van der Waals surface area contributed by atoms with E-state index in [1.165, 1.54) is 6.42 Å². The summed E-state index contributed by atoms with van der Waals surface area (Å²) in [6.07, 6.45) is 3.56. The molecule has 0 aliphatic carbocycles. The molecule has 1 N–H and O–H groups in total. The number of anilines is 1. The van der Waals surface area contributed by atoms with Crippen LogP contribution in [-0.2, 0) is 0 Å². The van der Waals surface area contributed by atoms with Gasteiger partial charge in [0.15, 0.2) is 5.17 Å². The maximum Gasteiger partial charge on any atom is 0.161 e. The van der Waals surface area contributed by atoms with Crippen molar-refractivity contribution in [2.75, 3.05) is 11.1 Å². The predicted molar refractivity (Wildman–Crippen MR) is 89.0 cm³/mol. The third kappa shape index (κ3) is 4.44. The smallest absolute Gasteiger partial charge is 0.161 e. The van der Waals surface area contributed by atoms with Gasteiger partial charge in [0.2, 0.25) is 0 Å². The van der Waals surface area contributed by atoms with E-state index in [0.29, 0.717) is 6.04 Å². The number of nitrogens with one attached hydrogen (secondary N) is 1. The van der Waals surface area contributed by atoms with Gasteiger partial charge in [-0.15, -0.1) is 0 Å². The van der Waals surface area contributed by atoms with Crippen LogP contribution in [0.4, 0.5) is 5.69 Å². The first-order chi connectivity index (χ1) is 9.71. The minimum absolute atomic E-state index is 0.246. The van der Waals surface area contributed by atoms with Crippen molar-refractivity contribution in [3.63, 3.8) is 0 Å². The molecule has 0 bridgehead atoms. The number of amidine groups is 1. The van der Waals surface area contributed by atoms with Crippen molar-refractivity contribution >= 4 is 22.6 Å². The minimum atomic E-state index is 0.246. The molecule has 4 heteroatoms. The Bertz CT molecular complexity index is 462. The van der Waals surface area contributed by atoms with Crippen LogP contribution < -0.4 is 10.1 Å². The van der Waals surface area contributed by atoms with Gasteiger partial charge in [-0.05, 0) is 38.3 Å². The average Bonchev–Trinajstić information content (AvgIpc) is 2.47. The zero-order chi connectivity index (χ0) is 14.4. The third-order valence-electron chi connectivity index (χ3n) is 3.46. The second kappa shape index (κ2) is 7.58. The normalized spacial score (nSPS) is 20.1. The van der Waals surface area contributed by atoms with Crippen LogP contribution in [0.5, 0.6) is 5.75 Å². The SMILES string of the molecule is CCC1CCSC(Nc2cccc(OC(C)CC)c2)=N1. The fourth-order valence-electron chi connectivity index (χ4n) is 2.01. The molecule has 0 radical (unpaired) electrons. The molecule has 0 fully saturated rings. The van der Waals surface area contributed by atoms with Crippen molar-refractivity contribution in [3.8, 4) is 5.75 Å². The summed E-state index contributed by atoms with van der Waals surface area (Å²) in [6.45, 7) is 6.42. The average molecular weight is 292 g/mol. The van der Waals surface area contributed by atoms with E-state index in [4.69, 9.17) is 9.73 Å². The van der Waals surface area contributed by atoms with E-state index in [0.717, 1.165) is 35.2 Å². The number of hydrogen-bond acceptors (Lipinski definition) is 4. The number of ether oxygens (including phenoxy) is 1. The molecule has 110 valence electrons. The molecule has 1 aromatic rings. The Morgan fingerprint density at radius 1 is 1.45 bits per heavy atom. The summed E-state index contributed by atoms with van der Waals surface area (Å²) >= 11 is 1.80. The van der Waals surface area contributed by atoms with Crippen LogP contribution in [0, 0.1) is 0 Å². The van der Waals surface area contributed by atoms with E-state index in [2.05, 4.69) is 32.2 Å². The van der Waals surface area contributed by atoms with Gasteiger partial charge in [-0.1, -0.05) is 31.7 Å². The summed E-state index contributed by atoms with van der Waals surface area (Å²) < 4.78 is 5.85. The third-order valence-corrected chi connectivity index (χ3v) is 4.38. The van der Waals surface area contributed by atoms with Crippen LogP contribution in [-0.4, -0.2) is 23.1 Å². The number of nitrogens with zero attached hydrogens (tertiary/aromatic N) is 1. The van der Waals surface area contributed by atoms with E-state index in [-0.39, 0.29) is 6.10 Å². The van der Waals surface area contributed by atoms with Gasteiger partial charge < -0.3 is 10.1 Å². The minimum Gasteiger partial charge on any atom is -0.491 e. The molecule has 0 saturated heterocycles. The van der Waals surface area contributed by atoms with E-state index >= 15 is 0 Å². The van der Waals surface area contributed by atoms with Gasteiger partial charge in [0.1, 0.15) is 5.75 Å². The first-order valence-electron chi connectivity index (χ1n) is 7.45. The Kier molecular flexibility index (Phi) is 5.77. The number of thioether (sulfide) groups is 1. The Balaban J connectivity index is 2.02. The second-order valence-electron chi connectivity index (χ2n) is 5.12. The van der Waals surface area contributed by atoms with E-state index in [9.17, 15) is 0 Å². The first-order valence-corrected chi connectivity index (χ1v) is 8.44. The number of benzene rings is 1. The van der Waals surface area contributed by atoms with Crippen molar-refractivity contribution < 1.29 is 4.74 Å². The molecule has 2 atom stereocenters. The molecule has 20 heavy (non-hydrogen) atoms. The highest BCUT2D eigenvalue weighted by molar-refractivity contribution is 8.14. The topological polar surface area (TPSA) is 33.6 Å². The van der Waals surface area contributed by atoms with Gasteiger partial charge in [0, 0.05) is 17.5 Å². The van der Waals surface area contributed by atoms with Crippen molar-refractivity contribution in [1.29, 1.82) is 0 Å². The summed E-state index contributed by atoms with van der Waals surface area (Å²) in [5.74, 6) is 2.06. The molecular formula is C16H24N2OS. The Morgan fingerprint density at radius 3 is 3.05 bits per heavy atom. The van der Waals surface area contributed by atoms with Crippen LogP contribution in [0.1, 0.15) is 40.0 Å². The van der Waals surface area contributed by atoms with Crippen LogP contribution in [0.25, 0.3) is 0 Å². The molecule has 2 rings (SSSR count). The van der Waals surface area contributed by atoms with E-state index in [1.807, 2.05) is 18.2 Å². The number of rotatable bonds is 5. The molecule has 1 aliphatic heterocycles. The monoisotopic (exact) mass is 292 g/mol. The fraction of sp³-hybridized carbons (Fsp3) is 0.562. The van der Waals surface area contributed by atoms with Crippen molar-refractivity contribution in [2.24, 2.45) is 4.99 Å². The number of aliphatic imine (C=N–C) groups is 1. The summed E-state index contributed by atoms with van der Waals surface area (Å²) in [6, 6.07) is 8.60. The van der Waals surface area contributed by atoms with Crippen LogP contribution in [0.2, 0.25) is 0 Å². The zero-order valence-electron chi connectivity index (χ0n) is 12.6. The lowest BCUT2D eigenvalue weighted by molar-refractivity contribution is 0.217. The standard InChI is InChI=1S/C16H24N2OS/c1-4-12(3)19-15-8-6-7-14(11-15)18-16-17-13(5-2)9-10-20-16/h6-8,11-13H,4-5,9-10H2,1-3H3,(H,17,18). The fourth-order valence-corrected chi connectivity index (χ4v) is 3.01. The Labute approximate surface area is 126 Å². The van der Waals surface area contributed by atoms with Crippen LogP contribution in [0.15, 0.2) is 29.3 Å². The lowest BCUT2D eigenvalue weighted by Crippen LogP contribution is -2.19. The molecule has 1 aliphatic rings. The van der Waals surface area contributed by atoms with Crippen molar-refractivity contribution in [1.82, 2.24) is 0 Å². The molecule has 2 unspecified atom stereocenters. The van der Waals surface area contributed by atoms with Crippen LogP contribution >= 0.6 is 11.8 Å².